The molecule has 2 aromatic carbocycles. The van der Waals surface area contributed by atoms with E-state index >= 15 is 4.39 Å². The maximum absolute atomic E-state index is 15.4. The highest BCUT2D eigenvalue weighted by Crippen LogP contribution is 2.34. The van der Waals surface area contributed by atoms with Crippen molar-refractivity contribution in [3.8, 4) is 11.5 Å². The Bertz CT molecular complexity index is 1690. The van der Waals surface area contributed by atoms with Crippen molar-refractivity contribution < 1.29 is 22.3 Å². The second kappa shape index (κ2) is 10.6. The van der Waals surface area contributed by atoms with Crippen molar-refractivity contribution in [3.05, 3.63) is 71.9 Å². The molecule has 0 unspecified atom stereocenters. The van der Waals surface area contributed by atoms with Crippen LogP contribution in [-0.2, 0) is 26.8 Å². The lowest BCUT2D eigenvalue weighted by Crippen LogP contribution is -2.27. The molecule has 0 atom stereocenters. The molecule has 4 aromatic rings. The number of halogens is 1. The molecular formula is C29H32FN5O4S. The first-order valence-corrected chi connectivity index (χ1v) is 14.6. The standard InChI is InChI=1S/C29H32FN5O4S/c1-19-25(10-7-20(28(19)30)15-27(36)33-21-17-32-35(18-21)29(2,3)4)39-26-11-12-31-24-9-8-22(16-23(24)26)40(37,38)34-13-5-6-14-34/h7-12,16-18H,5-6,13-15H2,1-4H3,(H,33,36). The van der Waals surface area contributed by atoms with Crippen LogP contribution in [0.1, 0.15) is 44.7 Å². The number of ether oxygens (including phenoxy) is 1. The zero-order valence-electron chi connectivity index (χ0n) is 22.9. The average molecular weight is 566 g/mol. The third kappa shape index (κ3) is 5.57. The van der Waals surface area contributed by atoms with Gasteiger partial charge in [0.1, 0.15) is 17.3 Å². The minimum atomic E-state index is -3.63. The molecule has 11 heteroatoms. The van der Waals surface area contributed by atoms with Gasteiger partial charge in [0.15, 0.2) is 0 Å². The van der Waals surface area contributed by atoms with Crippen LogP contribution in [0, 0.1) is 12.7 Å². The Morgan fingerprint density at radius 2 is 1.85 bits per heavy atom. The Labute approximate surface area is 233 Å². The predicted octanol–water partition coefficient (Wildman–Crippen LogP) is 5.39. The van der Waals surface area contributed by atoms with E-state index in [4.69, 9.17) is 4.74 Å². The van der Waals surface area contributed by atoms with Gasteiger partial charge in [0, 0.05) is 36.4 Å². The van der Waals surface area contributed by atoms with Crippen molar-refractivity contribution in [1.29, 1.82) is 0 Å². The number of anilines is 1. The van der Waals surface area contributed by atoms with Crippen LogP contribution in [0.3, 0.4) is 0 Å². The van der Waals surface area contributed by atoms with Gasteiger partial charge in [-0.3, -0.25) is 14.5 Å². The van der Waals surface area contributed by atoms with Gasteiger partial charge in [-0.2, -0.15) is 9.40 Å². The topological polar surface area (TPSA) is 106 Å². The molecule has 210 valence electrons. The fraction of sp³-hybridized carbons (Fsp3) is 0.345. The Kier molecular flexibility index (Phi) is 7.36. The van der Waals surface area contributed by atoms with Gasteiger partial charge in [-0.15, -0.1) is 0 Å². The van der Waals surface area contributed by atoms with Gasteiger partial charge < -0.3 is 10.1 Å². The summed E-state index contributed by atoms with van der Waals surface area (Å²) >= 11 is 0. The number of fused-ring (bicyclic) bond motifs is 1. The van der Waals surface area contributed by atoms with Gasteiger partial charge in [-0.1, -0.05) is 6.07 Å². The summed E-state index contributed by atoms with van der Waals surface area (Å²) in [7, 11) is -3.63. The molecule has 0 aliphatic carbocycles. The second-order valence-electron chi connectivity index (χ2n) is 10.9. The number of rotatable bonds is 7. The van der Waals surface area contributed by atoms with Crippen molar-refractivity contribution in [3.63, 3.8) is 0 Å². The number of sulfonamides is 1. The Balaban J connectivity index is 1.36. The Morgan fingerprint density at radius 3 is 2.55 bits per heavy atom. The maximum atomic E-state index is 15.4. The molecule has 3 heterocycles. The van der Waals surface area contributed by atoms with Gasteiger partial charge in [0.05, 0.1) is 34.3 Å². The summed E-state index contributed by atoms with van der Waals surface area (Å²) in [6.07, 6.45) is 6.36. The van der Waals surface area contributed by atoms with Gasteiger partial charge in [-0.05, 0) is 76.4 Å². The normalized spacial score (nSPS) is 14.5. The molecule has 1 N–H and O–H groups in total. The summed E-state index contributed by atoms with van der Waals surface area (Å²) in [5.74, 6) is -0.304. The van der Waals surface area contributed by atoms with Crippen LogP contribution in [0.25, 0.3) is 10.9 Å². The largest absolute Gasteiger partial charge is 0.456 e. The minimum absolute atomic E-state index is 0.163. The Hall–Kier alpha value is -3.83. The highest BCUT2D eigenvalue weighted by Gasteiger charge is 2.27. The zero-order chi connectivity index (χ0) is 28.7. The summed E-state index contributed by atoms with van der Waals surface area (Å²) in [4.78, 5) is 17.1. The number of carbonyl (C=O) groups is 1. The molecule has 0 bridgehead atoms. The first-order chi connectivity index (χ1) is 18.9. The molecule has 1 aliphatic rings. The minimum Gasteiger partial charge on any atom is -0.456 e. The van der Waals surface area contributed by atoms with Gasteiger partial charge in [0.25, 0.3) is 0 Å². The smallest absolute Gasteiger partial charge is 0.243 e. The fourth-order valence-corrected chi connectivity index (χ4v) is 6.19. The molecule has 5 rings (SSSR count). The third-order valence-corrected chi connectivity index (χ3v) is 8.81. The summed E-state index contributed by atoms with van der Waals surface area (Å²) in [6, 6.07) is 9.48. The van der Waals surface area contributed by atoms with E-state index in [0.717, 1.165) is 12.8 Å². The first-order valence-electron chi connectivity index (χ1n) is 13.1. The number of pyridine rings is 1. The van der Waals surface area contributed by atoms with Crippen molar-refractivity contribution in [2.75, 3.05) is 18.4 Å². The predicted molar refractivity (Wildman–Crippen MR) is 151 cm³/mol. The number of carbonyl (C=O) groups excluding carboxylic acids is 1. The molecule has 0 saturated carbocycles. The molecule has 0 radical (unpaired) electrons. The molecule has 1 aliphatic heterocycles. The van der Waals surface area contributed by atoms with E-state index in [0.29, 0.717) is 35.4 Å². The zero-order valence-corrected chi connectivity index (χ0v) is 23.8. The number of benzene rings is 2. The number of amides is 1. The van der Waals surface area contributed by atoms with Crippen molar-refractivity contribution in [1.82, 2.24) is 19.1 Å². The third-order valence-electron chi connectivity index (χ3n) is 6.92. The molecule has 1 saturated heterocycles. The SMILES string of the molecule is Cc1c(Oc2ccnc3ccc(S(=O)(=O)N4CCCC4)cc23)ccc(CC(=O)Nc2cnn(C(C)(C)C)c2)c1F. The monoisotopic (exact) mass is 565 g/mol. The lowest BCUT2D eigenvalue weighted by atomic mass is 10.1. The molecule has 2 aromatic heterocycles. The average Bonchev–Trinajstić information content (AvgIpc) is 3.61. The van der Waals surface area contributed by atoms with E-state index in [1.807, 2.05) is 20.8 Å². The number of nitrogens with zero attached hydrogens (tertiary/aromatic N) is 4. The van der Waals surface area contributed by atoms with Gasteiger partial charge in [-0.25, -0.2) is 12.8 Å². The lowest BCUT2D eigenvalue weighted by Gasteiger charge is -2.18. The number of hydrogen-bond donors (Lipinski definition) is 1. The second-order valence-corrected chi connectivity index (χ2v) is 12.9. The summed E-state index contributed by atoms with van der Waals surface area (Å²) in [5, 5.41) is 7.53. The van der Waals surface area contributed by atoms with Crippen molar-refractivity contribution >= 4 is 32.5 Å². The number of hydrogen-bond acceptors (Lipinski definition) is 6. The fourth-order valence-electron chi connectivity index (χ4n) is 4.65. The maximum Gasteiger partial charge on any atom is 0.243 e. The molecular weight excluding hydrogens is 533 g/mol. The molecule has 1 fully saturated rings. The van der Waals surface area contributed by atoms with Crippen LogP contribution in [0.5, 0.6) is 11.5 Å². The number of aromatic nitrogens is 3. The summed E-state index contributed by atoms with van der Waals surface area (Å²) in [5.41, 5.74) is 1.32. The first kappa shape index (κ1) is 27.7. The Morgan fingerprint density at radius 1 is 1.10 bits per heavy atom. The molecule has 0 spiro atoms. The highest BCUT2D eigenvalue weighted by molar-refractivity contribution is 7.89. The van der Waals surface area contributed by atoms with E-state index in [-0.39, 0.29) is 39.6 Å². The quantitative estimate of drug-likeness (QED) is 0.322. The molecule has 9 nitrogen and oxygen atoms in total. The van der Waals surface area contributed by atoms with E-state index in [9.17, 15) is 13.2 Å². The van der Waals surface area contributed by atoms with Gasteiger partial charge in [0.2, 0.25) is 15.9 Å². The van der Waals surface area contributed by atoms with Crippen LogP contribution in [0.15, 0.2) is 59.9 Å². The van der Waals surface area contributed by atoms with E-state index < -0.39 is 15.8 Å². The highest BCUT2D eigenvalue weighted by atomic mass is 32.2. The molecule has 40 heavy (non-hydrogen) atoms. The van der Waals surface area contributed by atoms with Crippen LogP contribution in [0.4, 0.5) is 10.1 Å². The summed E-state index contributed by atoms with van der Waals surface area (Å²) in [6.45, 7) is 8.57. The van der Waals surface area contributed by atoms with Crippen molar-refractivity contribution in [2.45, 2.75) is 57.4 Å². The van der Waals surface area contributed by atoms with Crippen LogP contribution >= 0.6 is 0 Å². The van der Waals surface area contributed by atoms with E-state index in [1.165, 1.54) is 10.4 Å². The van der Waals surface area contributed by atoms with E-state index in [1.54, 1.807) is 60.5 Å². The van der Waals surface area contributed by atoms with Gasteiger partial charge >= 0.3 is 0 Å². The van der Waals surface area contributed by atoms with Crippen molar-refractivity contribution in [2.24, 2.45) is 0 Å². The van der Waals surface area contributed by atoms with Crippen LogP contribution in [0.2, 0.25) is 0 Å². The lowest BCUT2D eigenvalue weighted by molar-refractivity contribution is -0.115. The molecule has 1 amide bonds. The van der Waals surface area contributed by atoms with Crippen LogP contribution < -0.4 is 10.1 Å². The number of nitrogens with one attached hydrogen (secondary N) is 1. The summed E-state index contributed by atoms with van der Waals surface area (Å²) < 4.78 is 50.9. The van der Waals surface area contributed by atoms with Crippen LogP contribution in [-0.4, -0.2) is 46.5 Å². The van der Waals surface area contributed by atoms with E-state index in [2.05, 4.69) is 15.4 Å².